The highest BCUT2D eigenvalue weighted by atomic mass is 14.9. The average molecular weight is 256 g/mol. The van der Waals surface area contributed by atoms with Gasteiger partial charge in [0.2, 0.25) is 0 Å². The summed E-state index contributed by atoms with van der Waals surface area (Å²) in [6.45, 7) is 3.11. The maximum atomic E-state index is 5.99. The number of nitrogens with one attached hydrogen (secondary N) is 1. The van der Waals surface area contributed by atoms with E-state index in [9.17, 15) is 0 Å². The summed E-state index contributed by atoms with van der Waals surface area (Å²) in [5.41, 5.74) is 8.87. The van der Waals surface area contributed by atoms with E-state index in [2.05, 4.69) is 22.2 Å². The van der Waals surface area contributed by atoms with Gasteiger partial charge in [0.1, 0.15) is 0 Å². The third-order valence-electron chi connectivity index (χ3n) is 3.05. The zero-order valence-electron chi connectivity index (χ0n) is 11.2. The summed E-state index contributed by atoms with van der Waals surface area (Å²) in [5, 5.41) is 3.52. The third-order valence-corrected chi connectivity index (χ3v) is 3.05. The van der Waals surface area contributed by atoms with E-state index in [1.54, 1.807) is 6.20 Å². The molecule has 0 spiro atoms. The molecule has 1 unspecified atom stereocenters. The number of aromatic nitrogens is 2. The quantitative estimate of drug-likeness (QED) is 0.832. The van der Waals surface area contributed by atoms with Crippen LogP contribution in [0.25, 0.3) is 0 Å². The highest BCUT2D eigenvalue weighted by molar-refractivity contribution is 5.45. The predicted molar refractivity (Wildman–Crippen MR) is 77.6 cm³/mol. The van der Waals surface area contributed by atoms with E-state index in [1.165, 1.54) is 0 Å². The normalized spacial score (nSPS) is 12.3. The molecule has 4 heteroatoms. The molecule has 0 aromatic carbocycles. The fourth-order valence-electron chi connectivity index (χ4n) is 2.01. The Morgan fingerprint density at radius 3 is 2.84 bits per heavy atom. The lowest BCUT2D eigenvalue weighted by molar-refractivity contribution is 0.518. The first-order chi connectivity index (χ1) is 9.31. The molecule has 4 nitrogen and oxygen atoms in total. The van der Waals surface area contributed by atoms with E-state index in [0.717, 1.165) is 36.3 Å². The molecule has 19 heavy (non-hydrogen) atoms. The van der Waals surface area contributed by atoms with Gasteiger partial charge in [0.25, 0.3) is 0 Å². The summed E-state index contributed by atoms with van der Waals surface area (Å²) < 4.78 is 0. The van der Waals surface area contributed by atoms with Gasteiger partial charge < -0.3 is 11.1 Å². The number of pyridine rings is 2. The molecule has 0 saturated heterocycles. The van der Waals surface area contributed by atoms with Crippen LogP contribution in [0.5, 0.6) is 0 Å². The largest absolute Gasteiger partial charge is 0.398 e. The minimum absolute atomic E-state index is 0.174. The molecule has 0 aliphatic rings. The minimum atomic E-state index is 0.174. The highest BCUT2D eigenvalue weighted by Crippen LogP contribution is 2.19. The van der Waals surface area contributed by atoms with Crippen molar-refractivity contribution in [3.63, 3.8) is 0 Å². The number of hydrogen-bond acceptors (Lipinski definition) is 4. The summed E-state index contributed by atoms with van der Waals surface area (Å²) in [6.07, 6.45) is 7.26. The summed E-state index contributed by atoms with van der Waals surface area (Å²) in [6, 6.07) is 7.99. The Kier molecular flexibility index (Phi) is 4.86. The van der Waals surface area contributed by atoms with Crippen LogP contribution < -0.4 is 11.1 Å². The summed E-state index contributed by atoms with van der Waals surface area (Å²) in [4.78, 5) is 8.58. The van der Waals surface area contributed by atoms with Gasteiger partial charge in [-0.3, -0.25) is 9.97 Å². The Morgan fingerprint density at radius 1 is 1.26 bits per heavy atom. The molecule has 0 fully saturated rings. The first-order valence-corrected chi connectivity index (χ1v) is 6.64. The molecule has 0 amide bonds. The average Bonchev–Trinajstić information content (AvgIpc) is 2.46. The standard InChI is InChI=1S/C15H20N4/c1-2-7-18-15(14-5-3-4-8-19-14)10-12-11-17-9-6-13(12)16/h3-6,8-9,11,15,18H,2,7,10H2,1H3,(H2,16,17). The van der Waals surface area contributed by atoms with Crippen LogP contribution in [0, 0.1) is 0 Å². The first kappa shape index (κ1) is 13.5. The van der Waals surface area contributed by atoms with Gasteiger partial charge in [-0.05, 0) is 43.1 Å². The van der Waals surface area contributed by atoms with E-state index >= 15 is 0 Å². The summed E-state index contributed by atoms with van der Waals surface area (Å²) >= 11 is 0. The monoisotopic (exact) mass is 256 g/mol. The molecule has 0 aliphatic heterocycles. The van der Waals surface area contributed by atoms with Crippen molar-refractivity contribution in [2.24, 2.45) is 0 Å². The van der Waals surface area contributed by atoms with Crippen LogP contribution in [0.15, 0.2) is 42.9 Å². The number of nitrogen functional groups attached to an aromatic ring is 1. The SMILES string of the molecule is CCCNC(Cc1cnccc1N)c1ccccn1. The van der Waals surface area contributed by atoms with E-state index < -0.39 is 0 Å². The molecular weight excluding hydrogens is 236 g/mol. The van der Waals surface area contributed by atoms with Crippen molar-refractivity contribution in [1.82, 2.24) is 15.3 Å². The number of hydrogen-bond donors (Lipinski definition) is 2. The molecule has 0 saturated carbocycles. The van der Waals surface area contributed by atoms with Crippen molar-refractivity contribution >= 4 is 5.69 Å². The molecule has 2 heterocycles. The van der Waals surface area contributed by atoms with Gasteiger partial charge >= 0.3 is 0 Å². The second kappa shape index (κ2) is 6.85. The third kappa shape index (κ3) is 3.76. The van der Waals surface area contributed by atoms with Gasteiger partial charge in [-0.2, -0.15) is 0 Å². The van der Waals surface area contributed by atoms with E-state index in [-0.39, 0.29) is 6.04 Å². The number of rotatable bonds is 6. The maximum Gasteiger partial charge on any atom is 0.0576 e. The molecule has 1 atom stereocenters. The van der Waals surface area contributed by atoms with Crippen molar-refractivity contribution in [1.29, 1.82) is 0 Å². The minimum Gasteiger partial charge on any atom is -0.398 e. The van der Waals surface area contributed by atoms with E-state index in [4.69, 9.17) is 5.73 Å². The molecule has 0 aliphatic carbocycles. The van der Waals surface area contributed by atoms with Crippen LogP contribution in [0.3, 0.4) is 0 Å². The molecule has 2 aromatic heterocycles. The van der Waals surface area contributed by atoms with Gasteiger partial charge in [0, 0.05) is 24.3 Å². The Bertz CT molecular complexity index is 499. The van der Waals surface area contributed by atoms with Gasteiger partial charge in [-0.25, -0.2) is 0 Å². The maximum absolute atomic E-state index is 5.99. The van der Waals surface area contributed by atoms with Crippen LogP contribution in [0.2, 0.25) is 0 Å². The zero-order valence-corrected chi connectivity index (χ0v) is 11.2. The lowest BCUT2D eigenvalue weighted by Crippen LogP contribution is -2.25. The Labute approximate surface area is 114 Å². The van der Waals surface area contributed by atoms with Crippen molar-refractivity contribution in [3.05, 3.63) is 54.1 Å². The topological polar surface area (TPSA) is 63.8 Å². The molecule has 100 valence electrons. The van der Waals surface area contributed by atoms with Crippen molar-refractivity contribution in [2.75, 3.05) is 12.3 Å². The Hall–Kier alpha value is -1.94. The molecule has 3 N–H and O–H groups in total. The Balaban J connectivity index is 2.17. The van der Waals surface area contributed by atoms with Crippen molar-refractivity contribution < 1.29 is 0 Å². The number of anilines is 1. The molecule has 2 rings (SSSR count). The fraction of sp³-hybridized carbons (Fsp3) is 0.333. The first-order valence-electron chi connectivity index (χ1n) is 6.64. The molecule has 0 radical (unpaired) electrons. The summed E-state index contributed by atoms with van der Waals surface area (Å²) in [7, 11) is 0. The van der Waals surface area contributed by atoms with Crippen molar-refractivity contribution in [3.8, 4) is 0 Å². The second-order valence-electron chi connectivity index (χ2n) is 4.54. The number of nitrogens with zero attached hydrogens (tertiary/aromatic N) is 2. The van der Waals surface area contributed by atoms with Gasteiger partial charge in [-0.15, -0.1) is 0 Å². The molecule has 0 bridgehead atoms. The lowest BCUT2D eigenvalue weighted by Gasteiger charge is -2.18. The van der Waals surface area contributed by atoms with Crippen LogP contribution in [-0.2, 0) is 6.42 Å². The zero-order chi connectivity index (χ0) is 13.5. The van der Waals surface area contributed by atoms with Gasteiger partial charge in [0.05, 0.1) is 11.7 Å². The smallest absolute Gasteiger partial charge is 0.0576 e. The van der Waals surface area contributed by atoms with Crippen LogP contribution in [0.1, 0.15) is 30.6 Å². The fourth-order valence-corrected chi connectivity index (χ4v) is 2.01. The highest BCUT2D eigenvalue weighted by Gasteiger charge is 2.14. The molecular formula is C15H20N4. The second-order valence-corrected chi connectivity index (χ2v) is 4.54. The van der Waals surface area contributed by atoms with Gasteiger partial charge in [-0.1, -0.05) is 13.0 Å². The van der Waals surface area contributed by atoms with Gasteiger partial charge in [0.15, 0.2) is 0 Å². The van der Waals surface area contributed by atoms with E-state index in [0.29, 0.717) is 0 Å². The van der Waals surface area contributed by atoms with Crippen LogP contribution in [-0.4, -0.2) is 16.5 Å². The predicted octanol–water partition coefficient (Wildman–Crippen LogP) is 2.34. The summed E-state index contributed by atoms with van der Waals surface area (Å²) in [5.74, 6) is 0. The van der Waals surface area contributed by atoms with Crippen LogP contribution in [0.4, 0.5) is 5.69 Å². The van der Waals surface area contributed by atoms with Crippen molar-refractivity contribution in [2.45, 2.75) is 25.8 Å². The number of nitrogens with two attached hydrogens (primary N) is 1. The molecule has 2 aromatic rings. The lowest BCUT2D eigenvalue weighted by atomic mass is 10.0. The van der Waals surface area contributed by atoms with Crippen LogP contribution >= 0.6 is 0 Å². The van der Waals surface area contributed by atoms with E-state index in [1.807, 2.05) is 36.7 Å². The Morgan fingerprint density at radius 2 is 2.16 bits per heavy atom.